The second kappa shape index (κ2) is 8.22. The summed E-state index contributed by atoms with van der Waals surface area (Å²) < 4.78 is 12.9. The van der Waals surface area contributed by atoms with Crippen LogP contribution in [0.25, 0.3) is 0 Å². The van der Waals surface area contributed by atoms with Crippen LogP contribution in [0.5, 0.6) is 0 Å². The van der Waals surface area contributed by atoms with Crippen LogP contribution in [-0.2, 0) is 24.2 Å². The summed E-state index contributed by atoms with van der Waals surface area (Å²) in [5.74, 6) is 2.33. The van der Waals surface area contributed by atoms with Crippen LogP contribution in [0.15, 0.2) is 16.8 Å². The number of imidazole rings is 1. The van der Waals surface area contributed by atoms with E-state index in [1.54, 1.807) is 6.07 Å². The van der Waals surface area contributed by atoms with Crippen LogP contribution in [0.2, 0.25) is 0 Å². The third-order valence-corrected chi connectivity index (χ3v) is 5.18. The summed E-state index contributed by atoms with van der Waals surface area (Å²) in [5.41, 5.74) is 1.52. The number of morpholine rings is 1. The first-order chi connectivity index (χ1) is 13.2. The Balaban J connectivity index is 1.26. The number of rotatable bonds is 8. The molecule has 0 atom stereocenters. The molecule has 0 spiro atoms. The predicted molar refractivity (Wildman–Crippen MR) is 98.3 cm³/mol. The molecule has 2 fully saturated rings. The van der Waals surface area contributed by atoms with Crippen molar-refractivity contribution in [3.05, 3.63) is 35.2 Å². The quantitative estimate of drug-likeness (QED) is 0.753. The Morgan fingerprint density at radius 2 is 2.15 bits per heavy atom. The number of carbonyl (C=O) groups excluding carboxylic acids is 1. The van der Waals surface area contributed by atoms with Crippen molar-refractivity contribution in [1.29, 1.82) is 0 Å². The SMILES string of the molecule is Cc1cnc(CCNC(=O)c2cc(CN3CCOCC3)on2)n1CC1CC1. The number of hydrogen-bond donors (Lipinski definition) is 1. The van der Waals surface area contributed by atoms with E-state index in [4.69, 9.17) is 9.26 Å². The number of ether oxygens (including phenoxy) is 1. The first kappa shape index (κ1) is 18.2. The maximum Gasteiger partial charge on any atom is 0.273 e. The van der Waals surface area contributed by atoms with Gasteiger partial charge in [-0.2, -0.15) is 0 Å². The summed E-state index contributed by atoms with van der Waals surface area (Å²) in [6.45, 7) is 7.53. The number of nitrogens with one attached hydrogen (secondary N) is 1. The summed E-state index contributed by atoms with van der Waals surface area (Å²) in [5, 5.41) is 6.83. The van der Waals surface area contributed by atoms with Gasteiger partial charge in [0.05, 0.1) is 19.8 Å². The number of carbonyl (C=O) groups is 1. The minimum absolute atomic E-state index is 0.205. The van der Waals surface area contributed by atoms with Crippen LogP contribution in [0.3, 0.4) is 0 Å². The minimum atomic E-state index is -0.205. The van der Waals surface area contributed by atoms with Crippen molar-refractivity contribution in [2.75, 3.05) is 32.8 Å². The molecule has 1 saturated heterocycles. The summed E-state index contributed by atoms with van der Waals surface area (Å²) in [4.78, 5) is 19.1. The highest BCUT2D eigenvalue weighted by molar-refractivity contribution is 5.92. The average molecular weight is 373 g/mol. The van der Waals surface area contributed by atoms with Crippen molar-refractivity contribution in [3.8, 4) is 0 Å². The van der Waals surface area contributed by atoms with Crippen molar-refractivity contribution in [2.45, 2.75) is 39.3 Å². The third kappa shape index (κ3) is 4.75. The fraction of sp³-hybridized carbons (Fsp3) is 0.632. The average Bonchev–Trinajstić information content (AvgIpc) is 3.27. The Bertz CT molecular complexity index is 774. The van der Waals surface area contributed by atoms with Gasteiger partial charge in [-0.15, -0.1) is 0 Å². The lowest BCUT2D eigenvalue weighted by molar-refractivity contribution is 0.0305. The Hall–Kier alpha value is -2.19. The fourth-order valence-electron chi connectivity index (χ4n) is 3.37. The van der Waals surface area contributed by atoms with Gasteiger partial charge in [-0.25, -0.2) is 4.98 Å². The van der Waals surface area contributed by atoms with Gasteiger partial charge < -0.3 is 19.1 Å². The number of aromatic nitrogens is 3. The van der Waals surface area contributed by atoms with Gasteiger partial charge in [0.2, 0.25) is 0 Å². The number of aryl methyl sites for hydroxylation is 1. The van der Waals surface area contributed by atoms with E-state index in [9.17, 15) is 4.79 Å². The number of nitrogens with zero attached hydrogens (tertiary/aromatic N) is 4. The van der Waals surface area contributed by atoms with Crippen molar-refractivity contribution in [2.24, 2.45) is 5.92 Å². The summed E-state index contributed by atoms with van der Waals surface area (Å²) >= 11 is 0. The molecule has 4 rings (SSSR count). The molecule has 3 heterocycles. The van der Waals surface area contributed by atoms with Crippen LogP contribution < -0.4 is 5.32 Å². The number of amides is 1. The van der Waals surface area contributed by atoms with Crippen LogP contribution in [0, 0.1) is 12.8 Å². The van der Waals surface area contributed by atoms with E-state index >= 15 is 0 Å². The molecule has 2 aromatic heterocycles. The van der Waals surface area contributed by atoms with Crippen molar-refractivity contribution < 1.29 is 14.1 Å². The molecule has 1 aliphatic carbocycles. The predicted octanol–water partition coefficient (Wildman–Crippen LogP) is 1.39. The Labute approximate surface area is 158 Å². The van der Waals surface area contributed by atoms with Gasteiger partial charge >= 0.3 is 0 Å². The van der Waals surface area contributed by atoms with Crippen molar-refractivity contribution >= 4 is 5.91 Å². The lowest BCUT2D eigenvalue weighted by Gasteiger charge is -2.25. The largest absolute Gasteiger partial charge is 0.379 e. The molecule has 0 unspecified atom stereocenters. The van der Waals surface area contributed by atoms with Crippen LogP contribution in [0.4, 0.5) is 0 Å². The zero-order valence-corrected chi connectivity index (χ0v) is 15.8. The standard InChI is InChI=1S/C19H27N5O3/c1-14-11-21-18(24(14)12-15-2-3-15)4-5-20-19(25)17-10-16(27-22-17)13-23-6-8-26-9-7-23/h10-11,15H,2-9,12-13H2,1H3,(H,20,25). The maximum atomic E-state index is 12.3. The molecule has 0 aromatic carbocycles. The second-order valence-electron chi connectivity index (χ2n) is 7.44. The van der Waals surface area contributed by atoms with E-state index in [1.165, 1.54) is 18.5 Å². The van der Waals surface area contributed by atoms with Crippen LogP contribution in [-0.4, -0.2) is 58.4 Å². The summed E-state index contributed by atoms with van der Waals surface area (Å²) in [6, 6.07) is 1.73. The molecule has 1 N–H and O–H groups in total. The Kier molecular flexibility index (Phi) is 5.54. The topological polar surface area (TPSA) is 85.4 Å². The zero-order chi connectivity index (χ0) is 18.6. The summed E-state index contributed by atoms with van der Waals surface area (Å²) in [6.07, 6.45) is 5.25. The monoisotopic (exact) mass is 373 g/mol. The highest BCUT2D eigenvalue weighted by Crippen LogP contribution is 2.31. The second-order valence-corrected chi connectivity index (χ2v) is 7.44. The molecule has 1 aliphatic heterocycles. The molecule has 1 amide bonds. The highest BCUT2D eigenvalue weighted by atomic mass is 16.5. The maximum absolute atomic E-state index is 12.3. The molecule has 2 aromatic rings. The van der Waals surface area contributed by atoms with E-state index in [2.05, 4.69) is 31.8 Å². The molecular weight excluding hydrogens is 346 g/mol. The fourth-order valence-corrected chi connectivity index (χ4v) is 3.37. The molecule has 0 radical (unpaired) electrons. The smallest absolute Gasteiger partial charge is 0.273 e. The van der Waals surface area contributed by atoms with Crippen molar-refractivity contribution in [3.63, 3.8) is 0 Å². The third-order valence-electron chi connectivity index (χ3n) is 5.18. The van der Waals surface area contributed by atoms with Crippen LogP contribution in [0.1, 0.15) is 40.6 Å². The first-order valence-electron chi connectivity index (χ1n) is 9.74. The molecular formula is C19H27N5O3. The van der Waals surface area contributed by atoms with E-state index < -0.39 is 0 Å². The molecule has 8 heteroatoms. The molecule has 8 nitrogen and oxygen atoms in total. The molecule has 0 bridgehead atoms. The molecule has 146 valence electrons. The van der Waals surface area contributed by atoms with E-state index in [0.29, 0.717) is 31.0 Å². The Morgan fingerprint density at radius 3 is 2.93 bits per heavy atom. The zero-order valence-electron chi connectivity index (χ0n) is 15.8. The van der Waals surface area contributed by atoms with Gasteiger partial charge in [0, 0.05) is 50.6 Å². The van der Waals surface area contributed by atoms with Gasteiger partial charge in [0.1, 0.15) is 5.82 Å². The van der Waals surface area contributed by atoms with Gasteiger partial charge in [0.15, 0.2) is 11.5 Å². The summed E-state index contributed by atoms with van der Waals surface area (Å²) in [7, 11) is 0. The van der Waals surface area contributed by atoms with Gasteiger partial charge in [-0.1, -0.05) is 5.16 Å². The number of hydrogen-bond acceptors (Lipinski definition) is 6. The van der Waals surface area contributed by atoms with E-state index in [-0.39, 0.29) is 5.91 Å². The molecule has 1 saturated carbocycles. The molecule has 27 heavy (non-hydrogen) atoms. The van der Waals surface area contributed by atoms with Crippen LogP contribution >= 0.6 is 0 Å². The lowest BCUT2D eigenvalue weighted by Crippen LogP contribution is -2.35. The Morgan fingerprint density at radius 1 is 1.33 bits per heavy atom. The van der Waals surface area contributed by atoms with Gasteiger partial charge in [0.25, 0.3) is 5.91 Å². The van der Waals surface area contributed by atoms with Gasteiger partial charge in [-0.05, 0) is 25.7 Å². The minimum Gasteiger partial charge on any atom is -0.379 e. The van der Waals surface area contributed by atoms with E-state index in [0.717, 1.165) is 44.6 Å². The lowest BCUT2D eigenvalue weighted by atomic mass is 10.3. The first-order valence-corrected chi connectivity index (χ1v) is 9.74. The normalized spacial score (nSPS) is 18.0. The van der Waals surface area contributed by atoms with E-state index in [1.807, 2.05) is 6.20 Å². The van der Waals surface area contributed by atoms with Crippen molar-refractivity contribution in [1.82, 2.24) is 24.9 Å². The van der Waals surface area contributed by atoms with Gasteiger partial charge in [-0.3, -0.25) is 9.69 Å². The molecule has 2 aliphatic rings. The highest BCUT2D eigenvalue weighted by Gasteiger charge is 2.23.